The number of rotatable bonds is 5. The average Bonchev–Trinajstić information content (AvgIpc) is 2.69. The molecule has 2 amide bonds. The molecule has 2 aromatic rings. The first-order valence-corrected chi connectivity index (χ1v) is 8.50. The molecular formula is C19H22N4O2. The van der Waals surface area contributed by atoms with Crippen molar-refractivity contribution in [1.82, 2.24) is 14.8 Å². The Hall–Kier alpha value is -2.89. The SMILES string of the molecule is CCN(c1ccccc1)c1ccc(C(=O)N2CCN(C=O)CC2)nc1. The summed E-state index contributed by atoms with van der Waals surface area (Å²) in [5.74, 6) is -0.0835. The first kappa shape index (κ1) is 17.0. The standard InChI is InChI=1S/C19H22N4O2/c1-2-23(16-6-4-3-5-7-16)17-8-9-18(20-14-17)19(25)22-12-10-21(15-24)11-13-22/h3-9,14-15H,2,10-13H2,1H3. The van der Waals surface area contributed by atoms with Crippen LogP contribution in [0.1, 0.15) is 17.4 Å². The van der Waals surface area contributed by atoms with Crippen molar-refractivity contribution in [3.05, 3.63) is 54.4 Å². The maximum Gasteiger partial charge on any atom is 0.272 e. The van der Waals surface area contributed by atoms with E-state index < -0.39 is 0 Å². The minimum absolute atomic E-state index is 0.0835. The third-order valence-electron chi connectivity index (χ3n) is 4.41. The first-order valence-electron chi connectivity index (χ1n) is 8.50. The molecule has 0 N–H and O–H groups in total. The summed E-state index contributed by atoms with van der Waals surface area (Å²) in [4.78, 5) is 33.3. The van der Waals surface area contributed by atoms with Crippen molar-refractivity contribution in [2.45, 2.75) is 6.92 Å². The summed E-state index contributed by atoms with van der Waals surface area (Å²) < 4.78 is 0. The number of benzene rings is 1. The van der Waals surface area contributed by atoms with Crippen LogP contribution in [0.4, 0.5) is 11.4 Å². The lowest BCUT2D eigenvalue weighted by Crippen LogP contribution is -2.48. The Morgan fingerprint density at radius 3 is 2.36 bits per heavy atom. The van der Waals surface area contributed by atoms with Crippen LogP contribution >= 0.6 is 0 Å². The van der Waals surface area contributed by atoms with E-state index in [1.807, 2.05) is 24.3 Å². The molecule has 0 atom stereocenters. The molecule has 0 spiro atoms. The Morgan fingerprint density at radius 2 is 1.80 bits per heavy atom. The molecule has 1 aliphatic heterocycles. The largest absolute Gasteiger partial charge is 0.342 e. The summed E-state index contributed by atoms with van der Waals surface area (Å²) >= 11 is 0. The maximum atomic E-state index is 12.6. The Kier molecular flexibility index (Phi) is 5.28. The lowest BCUT2D eigenvalue weighted by atomic mass is 10.2. The van der Waals surface area contributed by atoms with Gasteiger partial charge in [-0.3, -0.25) is 9.59 Å². The molecule has 0 radical (unpaired) electrons. The molecule has 2 heterocycles. The molecule has 0 aliphatic carbocycles. The highest BCUT2D eigenvalue weighted by molar-refractivity contribution is 5.92. The van der Waals surface area contributed by atoms with Crippen molar-refractivity contribution in [3.63, 3.8) is 0 Å². The molecule has 1 aliphatic rings. The van der Waals surface area contributed by atoms with Gasteiger partial charge in [0.2, 0.25) is 6.41 Å². The Labute approximate surface area is 147 Å². The van der Waals surface area contributed by atoms with E-state index >= 15 is 0 Å². The van der Waals surface area contributed by atoms with Gasteiger partial charge in [-0.25, -0.2) is 4.98 Å². The molecular weight excluding hydrogens is 316 g/mol. The number of para-hydroxylation sites is 1. The number of nitrogens with zero attached hydrogens (tertiary/aromatic N) is 4. The van der Waals surface area contributed by atoms with E-state index in [-0.39, 0.29) is 5.91 Å². The van der Waals surface area contributed by atoms with Crippen LogP contribution in [0.3, 0.4) is 0 Å². The zero-order valence-electron chi connectivity index (χ0n) is 14.3. The van der Waals surface area contributed by atoms with Gasteiger partial charge in [-0.15, -0.1) is 0 Å². The number of hydrogen-bond acceptors (Lipinski definition) is 4. The van der Waals surface area contributed by atoms with Crippen LogP contribution in [-0.2, 0) is 4.79 Å². The molecule has 25 heavy (non-hydrogen) atoms. The third-order valence-corrected chi connectivity index (χ3v) is 4.41. The maximum absolute atomic E-state index is 12.6. The number of pyridine rings is 1. The topological polar surface area (TPSA) is 56.8 Å². The fourth-order valence-electron chi connectivity index (χ4n) is 2.99. The fraction of sp³-hybridized carbons (Fsp3) is 0.316. The third kappa shape index (κ3) is 3.79. The van der Waals surface area contributed by atoms with Gasteiger partial charge in [0.25, 0.3) is 5.91 Å². The van der Waals surface area contributed by atoms with E-state index in [4.69, 9.17) is 0 Å². The van der Waals surface area contributed by atoms with E-state index in [2.05, 4.69) is 28.9 Å². The van der Waals surface area contributed by atoms with Crippen LogP contribution < -0.4 is 4.90 Å². The monoisotopic (exact) mass is 338 g/mol. The number of aromatic nitrogens is 1. The molecule has 1 aromatic carbocycles. The number of amides is 2. The minimum Gasteiger partial charge on any atom is -0.342 e. The number of anilines is 2. The zero-order chi connectivity index (χ0) is 17.6. The fourth-order valence-corrected chi connectivity index (χ4v) is 2.99. The van der Waals surface area contributed by atoms with E-state index in [1.165, 1.54) is 0 Å². The number of hydrogen-bond donors (Lipinski definition) is 0. The quantitative estimate of drug-likeness (QED) is 0.784. The number of carbonyl (C=O) groups excluding carboxylic acids is 2. The Morgan fingerprint density at radius 1 is 1.08 bits per heavy atom. The highest BCUT2D eigenvalue weighted by Gasteiger charge is 2.22. The molecule has 3 rings (SSSR count). The minimum atomic E-state index is -0.0835. The lowest BCUT2D eigenvalue weighted by Gasteiger charge is -2.32. The lowest BCUT2D eigenvalue weighted by molar-refractivity contribution is -0.119. The summed E-state index contributed by atoms with van der Waals surface area (Å²) in [6, 6.07) is 13.8. The molecule has 1 aromatic heterocycles. The first-order chi connectivity index (χ1) is 12.2. The summed E-state index contributed by atoms with van der Waals surface area (Å²) in [7, 11) is 0. The molecule has 1 fully saturated rings. The summed E-state index contributed by atoms with van der Waals surface area (Å²) in [6.45, 7) is 5.14. The van der Waals surface area contributed by atoms with Crippen LogP contribution in [-0.4, -0.2) is 59.8 Å². The Balaban J connectivity index is 1.71. The van der Waals surface area contributed by atoms with E-state index in [1.54, 1.807) is 22.1 Å². The van der Waals surface area contributed by atoms with Crippen molar-refractivity contribution in [2.24, 2.45) is 0 Å². The Bertz CT molecular complexity index is 710. The van der Waals surface area contributed by atoms with Gasteiger partial charge >= 0.3 is 0 Å². The molecule has 6 heteroatoms. The van der Waals surface area contributed by atoms with E-state index in [9.17, 15) is 9.59 Å². The number of piperazine rings is 1. The molecule has 0 saturated carbocycles. The van der Waals surface area contributed by atoms with Gasteiger partial charge in [0, 0.05) is 38.4 Å². The van der Waals surface area contributed by atoms with Crippen molar-refractivity contribution in [2.75, 3.05) is 37.6 Å². The van der Waals surface area contributed by atoms with E-state index in [0.29, 0.717) is 31.9 Å². The molecule has 0 bridgehead atoms. The van der Waals surface area contributed by atoms with Gasteiger partial charge in [-0.2, -0.15) is 0 Å². The highest BCUT2D eigenvalue weighted by Crippen LogP contribution is 2.24. The van der Waals surface area contributed by atoms with Gasteiger partial charge in [0.1, 0.15) is 5.69 Å². The zero-order valence-corrected chi connectivity index (χ0v) is 14.3. The second kappa shape index (κ2) is 7.79. The molecule has 0 unspecified atom stereocenters. The van der Waals surface area contributed by atoms with Gasteiger partial charge < -0.3 is 14.7 Å². The van der Waals surface area contributed by atoms with Gasteiger partial charge in [0.05, 0.1) is 11.9 Å². The van der Waals surface area contributed by atoms with E-state index in [0.717, 1.165) is 24.3 Å². The van der Waals surface area contributed by atoms with Gasteiger partial charge in [-0.1, -0.05) is 18.2 Å². The summed E-state index contributed by atoms with van der Waals surface area (Å²) in [6.07, 6.45) is 2.57. The molecule has 130 valence electrons. The van der Waals surface area contributed by atoms with Crippen molar-refractivity contribution in [1.29, 1.82) is 0 Å². The van der Waals surface area contributed by atoms with Crippen LogP contribution in [0.15, 0.2) is 48.7 Å². The number of carbonyl (C=O) groups is 2. The van der Waals surface area contributed by atoms with Crippen LogP contribution in [0.25, 0.3) is 0 Å². The summed E-state index contributed by atoms with van der Waals surface area (Å²) in [5, 5.41) is 0. The van der Waals surface area contributed by atoms with Crippen molar-refractivity contribution >= 4 is 23.7 Å². The highest BCUT2D eigenvalue weighted by atomic mass is 16.2. The van der Waals surface area contributed by atoms with Crippen molar-refractivity contribution in [3.8, 4) is 0 Å². The molecule has 6 nitrogen and oxygen atoms in total. The van der Waals surface area contributed by atoms with Gasteiger partial charge in [0.15, 0.2) is 0 Å². The van der Waals surface area contributed by atoms with Crippen LogP contribution in [0.5, 0.6) is 0 Å². The van der Waals surface area contributed by atoms with Crippen molar-refractivity contribution < 1.29 is 9.59 Å². The van der Waals surface area contributed by atoms with Crippen LogP contribution in [0, 0.1) is 0 Å². The second-order valence-corrected chi connectivity index (χ2v) is 5.92. The normalized spacial score (nSPS) is 14.3. The van der Waals surface area contributed by atoms with Gasteiger partial charge in [-0.05, 0) is 31.2 Å². The predicted octanol–water partition coefficient (Wildman–Crippen LogP) is 2.15. The molecule has 1 saturated heterocycles. The smallest absolute Gasteiger partial charge is 0.272 e. The predicted molar refractivity (Wildman–Crippen MR) is 96.9 cm³/mol. The second-order valence-electron chi connectivity index (χ2n) is 5.92. The van der Waals surface area contributed by atoms with Crippen LogP contribution in [0.2, 0.25) is 0 Å². The summed E-state index contributed by atoms with van der Waals surface area (Å²) in [5.41, 5.74) is 2.49. The average molecular weight is 338 g/mol.